The molecular formula is C57H94B2N4O20S2. The van der Waals surface area contributed by atoms with Crippen molar-refractivity contribution in [2.24, 2.45) is 0 Å². The van der Waals surface area contributed by atoms with Gasteiger partial charge in [0.05, 0.1) is 177 Å². The number of benzene rings is 2. The number of ether oxygens (including phenoxy) is 10. The van der Waals surface area contributed by atoms with Crippen molar-refractivity contribution < 1.29 is 91.2 Å². The van der Waals surface area contributed by atoms with E-state index in [1.54, 1.807) is 42.9 Å². The molecule has 2 aromatic carbocycles. The zero-order valence-corrected chi connectivity index (χ0v) is 53.5. The van der Waals surface area contributed by atoms with Crippen LogP contribution in [0, 0.1) is 13.8 Å². The summed E-state index contributed by atoms with van der Waals surface area (Å²) in [4.78, 5) is 0.271. The maximum absolute atomic E-state index is 12.1. The Labute approximate surface area is 505 Å². The van der Waals surface area contributed by atoms with Crippen LogP contribution < -0.4 is 10.9 Å². The molecule has 1 N–H and O–H groups in total. The maximum Gasteiger partial charge on any atom is 0.498 e. The van der Waals surface area contributed by atoms with Crippen molar-refractivity contribution >= 4 is 45.4 Å². The van der Waals surface area contributed by atoms with Crippen LogP contribution in [0.1, 0.15) is 79.9 Å². The molecule has 0 bridgehead atoms. The second-order valence-electron chi connectivity index (χ2n) is 21.5. The van der Waals surface area contributed by atoms with E-state index in [0.717, 1.165) is 35.1 Å². The lowest BCUT2D eigenvalue weighted by molar-refractivity contribution is -0.0130. The fraction of sp³-hybridized carbons (Fsp3) is 0.684. The molecule has 85 heavy (non-hydrogen) atoms. The standard InChI is InChI=1S/C28H45BN2O10S.C20H34O8S.C9H15BN2O2/c1-24-6-8-26(9-7-24)42(32,33)39-21-20-38-19-18-37-17-16-36-15-14-35-13-12-34-11-10-31-23-25(22-30-31)29-40-27(2,3)28(4,5)41-29;1-3-8-23-9-10-24-11-12-25-13-14-26-15-16-27-17-18-28-29(21,22)20-6-4-19(2)5-7-20;1-8(2)9(3,4)14-10(13-8)7-5-11-12-6-7/h6-9,22-23H,10-21H2,1-5H3;4-7H,3,8-18H2,1-2H3;5-6H,1-4H3,(H,11,12). The molecule has 2 aliphatic rings. The van der Waals surface area contributed by atoms with Gasteiger partial charge >= 0.3 is 14.2 Å². The Hall–Kier alpha value is -3.75. The molecule has 0 unspecified atom stereocenters. The molecule has 2 saturated heterocycles. The molecule has 0 aliphatic carbocycles. The third-order valence-corrected chi connectivity index (χ3v) is 16.2. The first-order chi connectivity index (χ1) is 40.5. The van der Waals surface area contributed by atoms with Crippen molar-refractivity contribution in [2.75, 3.05) is 145 Å². The van der Waals surface area contributed by atoms with Crippen LogP contribution in [-0.2, 0) is 101 Å². The van der Waals surface area contributed by atoms with E-state index in [9.17, 15) is 16.8 Å². The maximum atomic E-state index is 12.1. The quantitative estimate of drug-likeness (QED) is 0.0353. The first kappa shape index (κ1) is 73.7. The van der Waals surface area contributed by atoms with Crippen molar-refractivity contribution in [3.05, 3.63) is 84.4 Å². The summed E-state index contributed by atoms with van der Waals surface area (Å²) in [7, 11) is -8.24. The normalized spacial score (nSPS) is 16.1. The van der Waals surface area contributed by atoms with Crippen LogP contribution in [0.4, 0.5) is 0 Å². The lowest BCUT2D eigenvalue weighted by atomic mass is 9.82. The third kappa shape index (κ3) is 28.1. The number of hydrogen-bond donors (Lipinski definition) is 1. The van der Waals surface area contributed by atoms with Gasteiger partial charge in [-0.25, -0.2) is 0 Å². The number of hydrogen-bond acceptors (Lipinski definition) is 22. The smallest absolute Gasteiger partial charge is 0.399 e. The van der Waals surface area contributed by atoms with Gasteiger partial charge in [-0.3, -0.25) is 18.1 Å². The highest BCUT2D eigenvalue weighted by Gasteiger charge is 2.53. The van der Waals surface area contributed by atoms with Gasteiger partial charge < -0.3 is 66.0 Å². The molecule has 4 heterocycles. The highest BCUT2D eigenvalue weighted by atomic mass is 32.2. The van der Waals surface area contributed by atoms with Crippen molar-refractivity contribution in [3.63, 3.8) is 0 Å². The summed E-state index contributed by atoms with van der Waals surface area (Å²) in [6.07, 6.45) is 8.22. The second-order valence-corrected chi connectivity index (χ2v) is 24.8. The summed E-state index contributed by atoms with van der Waals surface area (Å²) in [6, 6.07) is 13.0. The SMILES string of the molecule is CC1(C)OB(c2cn[nH]c2)OC1(C)C.CCCOCCOCCOCCOCCOCCOS(=O)(=O)c1ccc(C)cc1.Cc1ccc(S(=O)(=O)OCCOCCOCCOCCOCCOCCn2cc(B3OC(C)(C)C(C)(C)O3)cn2)cc1. The Balaban J connectivity index is 0.000000308. The van der Waals surface area contributed by atoms with E-state index >= 15 is 0 Å². The first-order valence-electron chi connectivity index (χ1n) is 28.9. The molecule has 2 aromatic heterocycles. The van der Waals surface area contributed by atoms with Crippen LogP contribution in [0.5, 0.6) is 0 Å². The molecule has 480 valence electrons. The van der Waals surface area contributed by atoms with Gasteiger partial charge in [-0.2, -0.15) is 27.0 Å². The van der Waals surface area contributed by atoms with Crippen LogP contribution in [0.2, 0.25) is 0 Å². The molecule has 24 nitrogen and oxygen atoms in total. The molecular weight excluding hydrogens is 1150 g/mol. The van der Waals surface area contributed by atoms with E-state index < -0.39 is 27.4 Å². The Morgan fingerprint density at radius 2 is 0.741 bits per heavy atom. The lowest BCUT2D eigenvalue weighted by Gasteiger charge is -2.32. The van der Waals surface area contributed by atoms with Gasteiger partial charge in [0, 0.05) is 42.3 Å². The highest BCUT2D eigenvalue weighted by molar-refractivity contribution is 7.87. The van der Waals surface area contributed by atoms with E-state index in [1.165, 1.54) is 24.3 Å². The molecule has 2 fully saturated rings. The van der Waals surface area contributed by atoms with Gasteiger partial charge in [-0.15, -0.1) is 0 Å². The zero-order valence-electron chi connectivity index (χ0n) is 51.9. The number of nitrogens with one attached hydrogen (secondary N) is 1. The molecule has 2 aliphatic heterocycles. The molecule has 4 aromatic rings. The van der Waals surface area contributed by atoms with Crippen LogP contribution in [0.25, 0.3) is 0 Å². The van der Waals surface area contributed by atoms with Crippen LogP contribution in [0.15, 0.2) is 83.1 Å². The topological polar surface area (TPSA) is 262 Å². The summed E-state index contributed by atoms with van der Waals surface area (Å²) in [6.45, 7) is 31.6. The number of nitrogens with zero attached hydrogens (tertiary/aromatic N) is 3. The average Bonchev–Trinajstić information content (AvgIpc) is 4.42. The number of aromatic amines is 1. The van der Waals surface area contributed by atoms with E-state index in [0.29, 0.717) is 119 Å². The second kappa shape index (κ2) is 38.6. The van der Waals surface area contributed by atoms with Gasteiger partial charge in [0.1, 0.15) is 0 Å². The van der Waals surface area contributed by atoms with Gasteiger partial charge in [0.15, 0.2) is 0 Å². The molecule has 0 amide bonds. The number of rotatable bonds is 41. The van der Waals surface area contributed by atoms with Gasteiger partial charge in [0.25, 0.3) is 20.2 Å². The monoisotopic (exact) mass is 1240 g/mol. The lowest BCUT2D eigenvalue weighted by Crippen LogP contribution is -2.41. The van der Waals surface area contributed by atoms with Crippen LogP contribution in [0.3, 0.4) is 0 Å². The van der Waals surface area contributed by atoms with E-state index in [4.69, 9.17) is 74.4 Å². The molecule has 0 spiro atoms. The predicted octanol–water partition coefficient (Wildman–Crippen LogP) is 4.88. The van der Waals surface area contributed by atoms with E-state index in [2.05, 4.69) is 22.2 Å². The fourth-order valence-corrected chi connectivity index (χ4v) is 8.97. The zero-order chi connectivity index (χ0) is 62.1. The summed E-state index contributed by atoms with van der Waals surface area (Å²) in [5, 5.41) is 11.0. The molecule has 0 atom stereocenters. The molecule has 28 heteroatoms. The number of aromatic nitrogens is 4. The number of aryl methyl sites for hydroxylation is 2. The summed E-state index contributed by atoms with van der Waals surface area (Å²) in [5.74, 6) is 0. The summed E-state index contributed by atoms with van der Waals surface area (Å²) in [5.41, 5.74) is 2.46. The van der Waals surface area contributed by atoms with Crippen molar-refractivity contribution in [2.45, 2.75) is 121 Å². The number of H-pyrrole nitrogens is 1. The minimum Gasteiger partial charge on any atom is -0.399 e. The van der Waals surface area contributed by atoms with Crippen LogP contribution >= 0.6 is 0 Å². The third-order valence-electron chi connectivity index (χ3n) is 13.6. The van der Waals surface area contributed by atoms with Crippen molar-refractivity contribution in [1.29, 1.82) is 0 Å². The Morgan fingerprint density at radius 1 is 0.435 bits per heavy atom. The Bertz CT molecular complexity index is 2580. The molecule has 0 radical (unpaired) electrons. The Kier molecular flexibility index (Phi) is 33.5. The van der Waals surface area contributed by atoms with Gasteiger partial charge in [0.2, 0.25) is 0 Å². The largest absolute Gasteiger partial charge is 0.498 e. The van der Waals surface area contributed by atoms with Crippen molar-refractivity contribution in [1.82, 2.24) is 20.0 Å². The minimum atomic E-state index is -3.77. The summed E-state index contributed by atoms with van der Waals surface area (Å²) >= 11 is 0. The molecule has 0 saturated carbocycles. The van der Waals surface area contributed by atoms with Gasteiger partial charge in [-0.1, -0.05) is 42.3 Å². The molecule has 6 rings (SSSR count). The minimum absolute atomic E-state index is 0.0389. The van der Waals surface area contributed by atoms with E-state index in [1.807, 2.05) is 80.1 Å². The fourth-order valence-electron chi connectivity index (χ4n) is 7.19. The first-order valence-corrected chi connectivity index (χ1v) is 31.7. The van der Waals surface area contributed by atoms with E-state index in [-0.39, 0.29) is 65.7 Å². The van der Waals surface area contributed by atoms with Gasteiger partial charge in [-0.05, 0) is 99.9 Å². The Morgan fingerprint density at radius 3 is 1.06 bits per heavy atom. The van der Waals surface area contributed by atoms with Crippen LogP contribution in [-0.4, -0.2) is 219 Å². The van der Waals surface area contributed by atoms with Crippen molar-refractivity contribution in [3.8, 4) is 0 Å². The highest BCUT2D eigenvalue weighted by Crippen LogP contribution is 2.37. The summed E-state index contributed by atoms with van der Waals surface area (Å²) < 4.78 is 138. The predicted molar refractivity (Wildman–Crippen MR) is 319 cm³/mol. The average molecular weight is 1240 g/mol.